The van der Waals surface area contributed by atoms with Crippen molar-refractivity contribution in [3.63, 3.8) is 0 Å². The van der Waals surface area contributed by atoms with E-state index in [4.69, 9.17) is 0 Å². The van der Waals surface area contributed by atoms with E-state index in [0.29, 0.717) is 6.04 Å². The van der Waals surface area contributed by atoms with Gasteiger partial charge in [0.1, 0.15) is 5.82 Å². The summed E-state index contributed by atoms with van der Waals surface area (Å²) in [6, 6.07) is 8.00. The van der Waals surface area contributed by atoms with Gasteiger partial charge >= 0.3 is 0 Å². The monoisotopic (exact) mass is 278 g/mol. The Hall–Kier alpha value is -1.26. The molecule has 0 radical (unpaired) electrons. The van der Waals surface area contributed by atoms with Gasteiger partial charge in [0.2, 0.25) is 0 Å². The molecule has 0 bridgehead atoms. The Balaban J connectivity index is 1.96. The van der Waals surface area contributed by atoms with E-state index < -0.39 is 0 Å². The zero-order chi connectivity index (χ0) is 13.7. The highest BCUT2D eigenvalue weighted by Gasteiger charge is 2.14. The zero-order valence-electron chi connectivity index (χ0n) is 11.3. The molecule has 0 saturated carbocycles. The number of aromatic nitrogens is 1. The van der Waals surface area contributed by atoms with Crippen molar-refractivity contribution in [3.8, 4) is 0 Å². The topological polar surface area (TPSA) is 24.9 Å². The van der Waals surface area contributed by atoms with Gasteiger partial charge in [-0.15, -0.1) is 11.3 Å². The summed E-state index contributed by atoms with van der Waals surface area (Å²) in [5.41, 5.74) is 0.905. The number of hydrogen-bond acceptors (Lipinski definition) is 3. The fourth-order valence-corrected chi connectivity index (χ4v) is 2.97. The lowest BCUT2D eigenvalue weighted by molar-refractivity contribution is 0.436. The minimum absolute atomic E-state index is 0.176. The third kappa shape index (κ3) is 4.11. The summed E-state index contributed by atoms with van der Waals surface area (Å²) in [7, 11) is 0. The van der Waals surface area contributed by atoms with E-state index in [0.717, 1.165) is 18.5 Å². The molecule has 1 N–H and O–H groups in total. The Morgan fingerprint density at radius 1 is 1.37 bits per heavy atom. The average molecular weight is 278 g/mol. The Labute approximate surface area is 117 Å². The van der Waals surface area contributed by atoms with Crippen LogP contribution in [0.4, 0.5) is 4.39 Å². The molecule has 2 heterocycles. The summed E-state index contributed by atoms with van der Waals surface area (Å²) in [5, 5.41) is 5.66. The van der Waals surface area contributed by atoms with E-state index in [1.54, 1.807) is 17.4 Å². The van der Waals surface area contributed by atoms with Gasteiger partial charge in [-0.25, -0.2) is 4.39 Å². The highest BCUT2D eigenvalue weighted by atomic mass is 32.1. The second kappa shape index (κ2) is 6.78. The molecule has 0 spiro atoms. The lowest BCUT2D eigenvalue weighted by Crippen LogP contribution is -2.32. The van der Waals surface area contributed by atoms with Crippen LogP contribution < -0.4 is 5.32 Å². The molecule has 2 aromatic heterocycles. The molecule has 2 rings (SSSR count). The summed E-state index contributed by atoms with van der Waals surface area (Å²) < 4.78 is 12.9. The number of nitrogens with one attached hydrogen (secondary N) is 1. The van der Waals surface area contributed by atoms with Crippen LogP contribution in [0.15, 0.2) is 35.8 Å². The number of rotatable bonds is 6. The first-order chi connectivity index (χ1) is 9.19. The Bertz CT molecular complexity index is 481. The number of pyridine rings is 1. The normalized spacial score (nSPS) is 14.3. The van der Waals surface area contributed by atoms with Crippen molar-refractivity contribution in [3.05, 3.63) is 52.2 Å². The molecule has 2 atom stereocenters. The van der Waals surface area contributed by atoms with Crippen LogP contribution in [0.5, 0.6) is 0 Å². The SMILES string of the molecule is CCC(NC(C)Cc1cccs1)c1ccc(F)cn1. The molecular formula is C15H19FN2S. The summed E-state index contributed by atoms with van der Waals surface area (Å²) >= 11 is 1.78. The molecule has 0 aromatic carbocycles. The third-order valence-electron chi connectivity index (χ3n) is 3.09. The molecule has 2 nitrogen and oxygen atoms in total. The fraction of sp³-hybridized carbons (Fsp3) is 0.400. The molecule has 0 aliphatic rings. The number of nitrogens with zero attached hydrogens (tertiary/aromatic N) is 1. The van der Waals surface area contributed by atoms with E-state index in [2.05, 4.69) is 41.7 Å². The summed E-state index contributed by atoms with van der Waals surface area (Å²) in [4.78, 5) is 5.54. The minimum atomic E-state index is -0.287. The van der Waals surface area contributed by atoms with Crippen LogP contribution in [0.2, 0.25) is 0 Å². The maximum atomic E-state index is 12.9. The standard InChI is InChI=1S/C15H19FN2S/c1-3-14(15-7-6-12(16)10-17-15)18-11(2)9-13-5-4-8-19-13/h4-8,10-11,14,18H,3,9H2,1-2H3. The maximum absolute atomic E-state index is 12.9. The van der Waals surface area contributed by atoms with Gasteiger partial charge in [0.25, 0.3) is 0 Å². The Morgan fingerprint density at radius 2 is 2.21 bits per heavy atom. The number of hydrogen-bond donors (Lipinski definition) is 1. The van der Waals surface area contributed by atoms with Gasteiger partial charge < -0.3 is 5.32 Å². The van der Waals surface area contributed by atoms with Crippen LogP contribution in [-0.2, 0) is 6.42 Å². The van der Waals surface area contributed by atoms with Gasteiger partial charge in [0, 0.05) is 17.0 Å². The Morgan fingerprint density at radius 3 is 2.79 bits per heavy atom. The number of thiophene rings is 1. The van der Waals surface area contributed by atoms with Crippen LogP contribution >= 0.6 is 11.3 Å². The molecule has 0 aliphatic heterocycles. The lowest BCUT2D eigenvalue weighted by atomic mass is 10.1. The van der Waals surface area contributed by atoms with Crippen LogP contribution in [0.1, 0.15) is 36.9 Å². The molecular weight excluding hydrogens is 259 g/mol. The summed E-state index contributed by atoms with van der Waals surface area (Å²) in [5.74, 6) is -0.287. The minimum Gasteiger partial charge on any atom is -0.306 e. The quantitative estimate of drug-likeness (QED) is 0.865. The van der Waals surface area contributed by atoms with Crippen LogP contribution in [0.3, 0.4) is 0 Å². The van der Waals surface area contributed by atoms with Crippen molar-refractivity contribution >= 4 is 11.3 Å². The molecule has 0 aliphatic carbocycles. The average Bonchev–Trinajstić information content (AvgIpc) is 2.90. The molecule has 0 fully saturated rings. The van der Waals surface area contributed by atoms with Gasteiger partial charge in [0.15, 0.2) is 0 Å². The molecule has 2 aromatic rings. The molecule has 4 heteroatoms. The van der Waals surface area contributed by atoms with Crippen LogP contribution in [-0.4, -0.2) is 11.0 Å². The number of halogens is 1. The molecule has 2 unspecified atom stereocenters. The molecule has 19 heavy (non-hydrogen) atoms. The smallest absolute Gasteiger partial charge is 0.141 e. The lowest BCUT2D eigenvalue weighted by Gasteiger charge is -2.21. The van der Waals surface area contributed by atoms with Crippen molar-refractivity contribution in [2.24, 2.45) is 0 Å². The summed E-state index contributed by atoms with van der Waals surface area (Å²) in [6.45, 7) is 4.28. The maximum Gasteiger partial charge on any atom is 0.141 e. The van der Waals surface area contributed by atoms with Gasteiger partial charge in [-0.3, -0.25) is 4.98 Å². The first-order valence-corrected chi connectivity index (χ1v) is 7.47. The third-order valence-corrected chi connectivity index (χ3v) is 3.99. The van der Waals surface area contributed by atoms with Gasteiger partial charge in [-0.2, -0.15) is 0 Å². The summed E-state index contributed by atoms with van der Waals surface area (Å²) in [6.07, 6.45) is 3.23. The molecule has 0 saturated heterocycles. The van der Waals surface area contributed by atoms with E-state index in [9.17, 15) is 4.39 Å². The Kier molecular flexibility index (Phi) is 5.05. The predicted molar refractivity (Wildman–Crippen MR) is 77.8 cm³/mol. The van der Waals surface area contributed by atoms with Gasteiger partial charge in [-0.1, -0.05) is 13.0 Å². The highest BCUT2D eigenvalue weighted by molar-refractivity contribution is 7.09. The van der Waals surface area contributed by atoms with Crippen molar-refractivity contribution in [2.75, 3.05) is 0 Å². The van der Waals surface area contributed by atoms with E-state index in [-0.39, 0.29) is 11.9 Å². The zero-order valence-corrected chi connectivity index (χ0v) is 12.1. The fourth-order valence-electron chi connectivity index (χ4n) is 2.14. The highest BCUT2D eigenvalue weighted by Crippen LogP contribution is 2.17. The first-order valence-electron chi connectivity index (χ1n) is 6.59. The molecule has 102 valence electrons. The van der Waals surface area contributed by atoms with Gasteiger partial charge in [-0.05, 0) is 43.3 Å². The second-order valence-electron chi connectivity index (χ2n) is 4.71. The molecule has 0 amide bonds. The van der Waals surface area contributed by atoms with Crippen molar-refractivity contribution < 1.29 is 4.39 Å². The van der Waals surface area contributed by atoms with Gasteiger partial charge in [0.05, 0.1) is 11.9 Å². The van der Waals surface area contributed by atoms with Crippen LogP contribution in [0, 0.1) is 5.82 Å². The van der Waals surface area contributed by atoms with Crippen molar-refractivity contribution in [1.29, 1.82) is 0 Å². The van der Waals surface area contributed by atoms with E-state index in [1.807, 2.05) is 0 Å². The predicted octanol–water partition coefficient (Wildman–Crippen LogP) is 3.95. The van der Waals surface area contributed by atoms with Crippen LogP contribution in [0.25, 0.3) is 0 Å². The van der Waals surface area contributed by atoms with E-state index >= 15 is 0 Å². The first kappa shape index (κ1) is 14.2. The van der Waals surface area contributed by atoms with E-state index in [1.165, 1.54) is 17.1 Å². The van der Waals surface area contributed by atoms with Crippen molar-refractivity contribution in [2.45, 2.75) is 38.8 Å². The second-order valence-corrected chi connectivity index (χ2v) is 5.75. The van der Waals surface area contributed by atoms with Crippen molar-refractivity contribution in [1.82, 2.24) is 10.3 Å². The largest absolute Gasteiger partial charge is 0.306 e.